The van der Waals surface area contributed by atoms with Gasteiger partial charge >= 0.3 is 0 Å². The van der Waals surface area contributed by atoms with Gasteiger partial charge in [-0.1, -0.05) is 134 Å². The number of nitrogens with zero attached hydrogens (tertiary/aromatic N) is 2. The Morgan fingerprint density at radius 2 is 1.45 bits per heavy atom. The first-order valence-electron chi connectivity index (χ1n) is 15.1. The Labute approximate surface area is 260 Å². The second kappa shape index (κ2) is 12.8. The Morgan fingerprint density at radius 1 is 0.682 bits per heavy atom. The maximum atomic E-state index is 5.33. The van der Waals surface area contributed by atoms with Crippen LogP contribution in [0, 0.1) is 13.8 Å². The molecule has 1 aromatic heterocycles. The third-order valence-corrected chi connectivity index (χ3v) is 8.09. The molecule has 0 bridgehead atoms. The van der Waals surface area contributed by atoms with Crippen molar-refractivity contribution in [1.29, 1.82) is 0 Å². The molecule has 0 atom stereocenters. The summed E-state index contributed by atoms with van der Waals surface area (Å²) in [6.07, 6.45) is 16.0. The molecule has 44 heavy (non-hydrogen) atoms. The maximum Gasteiger partial charge on any atom is 0.138 e. The molecule has 0 radical (unpaired) electrons. The largest absolute Gasteiger partial charge is 0.294 e. The minimum Gasteiger partial charge on any atom is -0.294 e. The fraction of sp³-hybridized carbons (Fsp3) is 0.0714. The number of allylic oxidation sites excluding steroid dienone is 8. The van der Waals surface area contributed by atoms with Gasteiger partial charge in [-0.25, -0.2) is 4.99 Å². The van der Waals surface area contributed by atoms with Crippen molar-refractivity contribution < 1.29 is 0 Å². The maximum absolute atomic E-state index is 5.33. The van der Waals surface area contributed by atoms with Crippen LogP contribution < -0.4 is 0 Å². The molecule has 214 valence electrons. The smallest absolute Gasteiger partial charge is 0.138 e. The molecule has 0 aliphatic rings. The number of hydrogen-bond acceptors (Lipinski definition) is 1. The third kappa shape index (κ3) is 5.39. The van der Waals surface area contributed by atoms with Crippen molar-refractivity contribution in [3.63, 3.8) is 0 Å². The molecule has 0 aliphatic heterocycles. The van der Waals surface area contributed by atoms with E-state index in [1.165, 1.54) is 43.8 Å². The topological polar surface area (TPSA) is 17.3 Å². The van der Waals surface area contributed by atoms with Crippen molar-refractivity contribution in [2.45, 2.75) is 20.8 Å². The lowest BCUT2D eigenvalue weighted by Gasteiger charge is -2.14. The van der Waals surface area contributed by atoms with Gasteiger partial charge in [0.25, 0.3) is 0 Å². The van der Waals surface area contributed by atoms with Gasteiger partial charge in [0.1, 0.15) is 5.84 Å². The van der Waals surface area contributed by atoms with E-state index in [0.29, 0.717) is 0 Å². The van der Waals surface area contributed by atoms with Crippen LogP contribution in [0.4, 0.5) is 0 Å². The minimum atomic E-state index is 0.838. The first kappa shape index (κ1) is 28.6. The third-order valence-electron chi connectivity index (χ3n) is 8.09. The molecule has 0 spiro atoms. The van der Waals surface area contributed by atoms with Gasteiger partial charge in [-0.15, -0.1) is 0 Å². The van der Waals surface area contributed by atoms with Crippen LogP contribution in [0.5, 0.6) is 0 Å². The predicted octanol–water partition coefficient (Wildman–Crippen LogP) is 11.4. The Hall–Kier alpha value is -5.47. The lowest BCUT2D eigenvalue weighted by molar-refractivity contribution is 1.26. The van der Waals surface area contributed by atoms with Gasteiger partial charge in [-0.05, 0) is 78.1 Å². The van der Waals surface area contributed by atoms with Crippen LogP contribution in [0.2, 0.25) is 0 Å². The predicted molar refractivity (Wildman–Crippen MR) is 192 cm³/mol. The first-order chi connectivity index (χ1) is 21.6. The van der Waals surface area contributed by atoms with E-state index in [-0.39, 0.29) is 0 Å². The number of aliphatic imine (C=N–C) groups is 1. The Morgan fingerprint density at radius 3 is 2.25 bits per heavy atom. The molecule has 2 nitrogen and oxygen atoms in total. The molecule has 0 saturated heterocycles. The van der Waals surface area contributed by atoms with E-state index in [9.17, 15) is 0 Å². The highest BCUT2D eigenvalue weighted by atomic mass is 15.1. The molecule has 0 unspecified atom stereocenters. The standard InChI is InChI=1S/C42H36N2/c1-5-7-10-25-37(32-19-12-9-13-20-32)43-40(27-11-8-6-2)44-38-26-15-14-23-36(38)42-31(4)34(28-29-39(42)44)35-24-17-22-33-21-16-18-30(3)41(33)35/h5-29H,1H2,2-4H3/b8-6+,10-7-,27-11+,37-25-,43-40-. The van der Waals surface area contributed by atoms with Crippen molar-refractivity contribution in [3.8, 4) is 11.1 Å². The normalized spacial score (nSPS) is 13.0. The van der Waals surface area contributed by atoms with Gasteiger partial charge in [-0.2, -0.15) is 0 Å². The van der Waals surface area contributed by atoms with E-state index in [1.54, 1.807) is 6.08 Å². The monoisotopic (exact) mass is 568 g/mol. The molecule has 0 saturated carbocycles. The molecule has 0 N–H and O–H groups in total. The summed E-state index contributed by atoms with van der Waals surface area (Å²) in [5.41, 5.74) is 9.23. The summed E-state index contributed by atoms with van der Waals surface area (Å²) in [5, 5.41) is 5.02. The Balaban J connectivity index is 1.66. The van der Waals surface area contributed by atoms with Gasteiger partial charge in [0, 0.05) is 16.3 Å². The summed E-state index contributed by atoms with van der Waals surface area (Å²) >= 11 is 0. The summed E-state index contributed by atoms with van der Waals surface area (Å²) in [7, 11) is 0. The summed E-state index contributed by atoms with van der Waals surface area (Å²) in [6, 6.07) is 36.7. The van der Waals surface area contributed by atoms with E-state index in [2.05, 4.69) is 122 Å². The zero-order valence-corrected chi connectivity index (χ0v) is 25.5. The highest BCUT2D eigenvalue weighted by Gasteiger charge is 2.19. The van der Waals surface area contributed by atoms with Crippen molar-refractivity contribution in [2.24, 2.45) is 4.99 Å². The van der Waals surface area contributed by atoms with Crippen LogP contribution >= 0.6 is 0 Å². The van der Waals surface area contributed by atoms with E-state index in [0.717, 1.165) is 28.1 Å². The van der Waals surface area contributed by atoms with Gasteiger partial charge in [0.15, 0.2) is 0 Å². The first-order valence-corrected chi connectivity index (χ1v) is 15.1. The van der Waals surface area contributed by atoms with Crippen molar-refractivity contribution in [2.75, 3.05) is 0 Å². The second-order valence-electron chi connectivity index (χ2n) is 10.9. The van der Waals surface area contributed by atoms with Crippen LogP contribution in [0.15, 0.2) is 163 Å². The Kier molecular flexibility index (Phi) is 8.34. The average molecular weight is 569 g/mol. The van der Waals surface area contributed by atoms with Crippen molar-refractivity contribution >= 4 is 44.1 Å². The van der Waals surface area contributed by atoms with Gasteiger partial charge in [-0.3, -0.25) is 4.57 Å². The van der Waals surface area contributed by atoms with Crippen molar-refractivity contribution in [3.05, 3.63) is 175 Å². The number of para-hydroxylation sites is 1. The highest BCUT2D eigenvalue weighted by Crippen LogP contribution is 2.39. The zero-order chi connectivity index (χ0) is 30.5. The fourth-order valence-corrected chi connectivity index (χ4v) is 6.10. The van der Waals surface area contributed by atoms with Gasteiger partial charge in [0.05, 0.1) is 16.7 Å². The van der Waals surface area contributed by atoms with Gasteiger partial charge < -0.3 is 0 Å². The number of hydrogen-bond donors (Lipinski definition) is 0. The van der Waals surface area contributed by atoms with E-state index >= 15 is 0 Å². The fourth-order valence-electron chi connectivity index (χ4n) is 6.10. The molecular weight excluding hydrogens is 532 g/mol. The van der Waals surface area contributed by atoms with Crippen LogP contribution in [-0.2, 0) is 0 Å². The zero-order valence-electron chi connectivity index (χ0n) is 25.5. The summed E-state index contributed by atoms with van der Waals surface area (Å²) < 4.78 is 2.30. The molecule has 0 amide bonds. The number of aryl methyl sites for hydroxylation is 2. The molecule has 6 aromatic rings. The number of rotatable bonds is 7. The molecule has 0 aliphatic carbocycles. The number of aromatic nitrogens is 1. The SMILES string of the molecule is C=C\C=C/C=C(\N=C(\C=C\C=C\C)n1c2ccccc2c2c(C)c(-c3cccc4cccc(C)c34)ccc21)c1ccccc1. The van der Waals surface area contributed by atoms with E-state index in [4.69, 9.17) is 4.99 Å². The number of fused-ring (bicyclic) bond motifs is 4. The van der Waals surface area contributed by atoms with Crippen molar-refractivity contribution in [1.82, 2.24) is 4.57 Å². The average Bonchev–Trinajstić information content (AvgIpc) is 3.39. The van der Waals surface area contributed by atoms with Crippen LogP contribution in [0.3, 0.4) is 0 Å². The molecule has 1 heterocycles. The highest BCUT2D eigenvalue weighted by molar-refractivity contribution is 6.19. The summed E-state index contributed by atoms with van der Waals surface area (Å²) in [5.74, 6) is 0.838. The van der Waals surface area contributed by atoms with Gasteiger partial charge in [0.2, 0.25) is 0 Å². The van der Waals surface area contributed by atoms with Crippen LogP contribution in [0.25, 0.3) is 49.4 Å². The molecule has 2 heteroatoms. The number of benzene rings is 5. The Bertz CT molecular complexity index is 2140. The van der Waals surface area contributed by atoms with E-state index < -0.39 is 0 Å². The molecule has 5 aromatic carbocycles. The van der Waals surface area contributed by atoms with Crippen LogP contribution in [0.1, 0.15) is 23.6 Å². The quantitative estimate of drug-likeness (QED) is 0.104. The molecule has 0 fully saturated rings. The molecular formula is C42H36N2. The second-order valence-corrected chi connectivity index (χ2v) is 10.9. The summed E-state index contributed by atoms with van der Waals surface area (Å²) in [6.45, 7) is 10.3. The van der Waals surface area contributed by atoms with E-state index in [1.807, 2.05) is 55.5 Å². The lowest BCUT2D eigenvalue weighted by Crippen LogP contribution is -2.09. The summed E-state index contributed by atoms with van der Waals surface area (Å²) in [4.78, 5) is 5.33. The minimum absolute atomic E-state index is 0.838. The van der Waals surface area contributed by atoms with Crippen LogP contribution in [-0.4, -0.2) is 10.4 Å². The lowest BCUT2D eigenvalue weighted by atomic mass is 9.91. The molecule has 6 rings (SSSR count).